The molecule has 0 aliphatic heterocycles. The first-order chi connectivity index (χ1) is 21.8. The van der Waals surface area contributed by atoms with Crippen LogP contribution in [-0.2, 0) is 0 Å². The number of aromatic nitrogens is 5. The molecule has 0 fully saturated rings. The highest BCUT2D eigenvalue weighted by molar-refractivity contribution is 6.19. The normalized spacial score (nSPS) is 11.6. The van der Waals surface area contributed by atoms with Crippen molar-refractivity contribution in [3.8, 4) is 34.2 Å². The largest absolute Gasteiger partial charge is 0.294 e. The number of rotatable bonds is 4. The van der Waals surface area contributed by atoms with Crippen molar-refractivity contribution >= 4 is 43.6 Å². The van der Waals surface area contributed by atoms with E-state index in [1.807, 2.05) is 42.7 Å². The van der Waals surface area contributed by atoms with Crippen molar-refractivity contribution in [1.29, 1.82) is 0 Å². The van der Waals surface area contributed by atoms with Crippen LogP contribution in [0.3, 0.4) is 0 Å². The van der Waals surface area contributed by atoms with Gasteiger partial charge in [0, 0.05) is 45.1 Å². The smallest absolute Gasteiger partial charge is 0.138 e. The highest BCUT2D eigenvalue weighted by Crippen LogP contribution is 2.39. The Balaban J connectivity index is 1.41. The monoisotopic (exact) mass is 563 g/mol. The summed E-state index contributed by atoms with van der Waals surface area (Å²) < 4.78 is 4.56. The fourth-order valence-electron chi connectivity index (χ4n) is 6.48. The first-order valence-corrected chi connectivity index (χ1v) is 14.7. The standard InChI is InChI=1S/C39H25N5/c1-2-12-26(13-3-1)33-22-27(32-16-8-10-20-40-32)23-39(42-33)44-35-18-7-5-15-29(35)31-24-30-28-14-4-6-17-34(28)43(36(30)25-37(31)44)38-19-9-11-21-41-38/h1-25H. The van der Waals surface area contributed by atoms with Crippen LogP contribution in [0.1, 0.15) is 0 Å². The highest BCUT2D eigenvalue weighted by Gasteiger charge is 2.20. The second-order valence-corrected chi connectivity index (χ2v) is 11.0. The summed E-state index contributed by atoms with van der Waals surface area (Å²) in [4.78, 5) is 14.7. The number of hydrogen-bond donors (Lipinski definition) is 0. The summed E-state index contributed by atoms with van der Waals surface area (Å²) in [5, 5.41) is 4.77. The van der Waals surface area contributed by atoms with E-state index in [1.54, 1.807) is 0 Å². The second-order valence-electron chi connectivity index (χ2n) is 11.0. The summed E-state index contributed by atoms with van der Waals surface area (Å²) >= 11 is 0. The number of pyridine rings is 3. The van der Waals surface area contributed by atoms with Crippen LogP contribution in [0.25, 0.3) is 77.8 Å². The Morgan fingerprint density at radius 2 is 0.977 bits per heavy atom. The van der Waals surface area contributed by atoms with Crippen molar-refractivity contribution in [2.45, 2.75) is 0 Å². The number of benzene rings is 4. The summed E-state index contributed by atoms with van der Waals surface area (Å²) in [5.74, 6) is 1.74. The minimum atomic E-state index is 0.845. The molecule has 0 aliphatic rings. The Bertz CT molecular complexity index is 2420. The van der Waals surface area contributed by atoms with E-state index in [0.29, 0.717) is 0 Å². The van der Waals surface area contributed by atoms with Crippen LogP contribution in [0, 0.1) is 0 Å². The van der Waals surface area contributed by atoms with Gasteiger partial charge in [-0.1, -0.05) is 78.9 Å². The van der Waals surface area contributed by atoms with Gasteiger partial charge in [0.2, 0.25) is 0 Å². The van der Waals surface area contributed by atoms with Gasteiger partial charge in [0.05, 0.1) is 33.5 Å². The summed E-state index contributed by atoms with van der Waals surface area (Å²) in [7, 11) is 0. The third-order valence-electron chi connectivity index (χ3n) is 8.42. The maximum atomic E-state index is 5.29. The first-order valence-electron chi connectivity index (χ1n) is 14.7. The minimum absolute atomic E-state index is 0.845. The molecule has 0 N–H and O–H groups in total. The van der Waals surface area contributed by atoms with E-state index < -0.39 is 0 Å². The van der Waals surface area contributed by atoms with Gasteiger partial charge < -0.3 is 0 Å². The summed E-state index contributed by atoms with van der Waals surface area (Å²) in [5.41, 5.74) is 8.31. The predicted molar refractivity (Wildman–Crippen MR) is 179 cm³/mol. The van der Waals surface area contributed by atoms with E-state index in [0.717, 1.165) is 56.2 Å². The molecule has 0 saturated carbocycles. The molecular formula is C39H25N5. The lowest BCUT2D eigenvalue weighted by Crippen LogP contribution is -2.01. The van der Waals surface area contributed by atoms with Gasteiger partial charge >= 0.3 is 0 Å². The molecule has 0 radical (unpaired) electrons. The zero-order valence-corrected chi connectivity index (χ0v) is 23.7. The zero-order valence-electron chi connectivity index (χ0n) is 23.7. The Hall–Kier alpha value is -6.07. The Morgan fingerprint density at radius 3 is 1.64 bits per heavy atom. The van der Waals surface area contributed by atoms with Crippen molar-refractivity contribution in [2.75, 3.05) is 0 Å². The lowest BCUT2D eigenvalue weighted by Gasteiger charge is -2.13. The Labute approximate surface area is 253 Å². The van der Waals surface area contributed by atoms with E-state index in [2.05, 4.69) is 118 Å². The number of nitrogens with zero attached hydrogens (tertiary/aromatic N) is 5. The van der Waals surface area contributed by atoms with Crippen LogP contribution in [0.4, 0.5) is 0 Å². The van der Waals surface area contributed by atoms with Crippen LogP contribution < -0.4 is 0 Å². The van der Waals surface area contributed by atoms with Gasteiger partial charge in [-0.15, -0.1) is 0 Å². The quantitative estimate of drug-likeness (QED) is 0.214. The van der Waals surface area contributed by atoms with Crippen LogP contribution in [0.2, 0.25) is 0 Å². The average Bonchev–Trinajstić information content (AvgIpc) is 3.60. The van der Waals surface area contributed by atoms with Crippen molar-refractivity contribution in [1.82, 2.24) is 24.1 Å². The maximum Gasteiger partial charge on any atom is 0.138 e. The highest BCUT2D eigenvalue weighted by atomic mass is 15.1. The minimum Gasteiger partial charge on any atom is -0.294 e. The molecule has 0 amide bonds. The molecule has 44 heavy (non-hydrogen) atoms. The molecule has 5 heteroatoms. The SMILES string of the molecule is c1ccc(-c2cc(-c3ccccn3)cc(-n3c4ccccc4c4cc5c6ccccc6n(-c6ccccn6)c5cc43)n2)cc1. The van der Waals surface area contributed by atoms with Crippen molar-refractivity contribution in [3.63, 3.8) is 0 Å². The lowest BCUT2D eigenvalue weighted by atomic mass is 10.1. The van der Waals surface area contributed by atoms with Crippen molar-refractivity contribution in [2.24, 2.45) is 0 Å². The predicted octanol–water partition coefficient (Wildman–Crippen LogP) is 9.40. The summed E-state index contributed by atoms with van der Waals surface area (Å²) in [6, 6.07) is 48.5. The van der Waals surface area contributed by atoms with E-state index in [4.69, 9.17) is 15.0 Å². The first kappa shape index (κ1) is 24.5. The van der Waals surface area contributed by atoms with Gasteiger partial charge in [-0.3, -0.25) is 14.1 Å². The van der Waals surface area contributed by atoms with E-state index in [9.17, 15) is 0 Å². The molecule has 0 bridgehead atoms. The Morgan fingerprint density at radius 1 is 0.364 bits per heavy atom. The van der Waals surface area contributed by atoms with Crippen LogP contribution >= 0.6 is 0 Å². The molecule has 206 valence electrons. The van der Waals surface area contributed by atoms with Crippen LogP contribution in [0.5, 0.6) is 0 Å². The molecule has 9 aromatic rings. The average molecular weight is 564 g/mol. The van der Waals surface area contributed by atoms with E-state index >= 15 is 0 Å². The van der Waals surface area contributed by atoms with Gasteiger partial charge in [-0.2, -0.15) is 0 Å². The fraction of sp³-hybridized carbons (Fsp3) is 0. The third-order valence-corrected chi connectivity index (χ3v) is 8.42. The lowest BCUT2D eigenvalue weighted by molar-refractivity contribution is 1.07. The maximum absolute atomic E-state index is 5.29. The second kappa shape index (κ2) is 9.75. The fourth-order valence-corrected chi connectivity index (χ4v) is 6.48. The number of fused-ring (bicyclic) bond motifs is 6. The molecule has 5 heterocycles. The third kappa shape index (κ3) is 3.76. The van der Waals surface area contributed by atoms with Gasteiger partial charge in [-0.05, 0) is 60.7 Å². The Kier molecular flexibility index (Phi) is 5.43. The topological polar surface area (TPSA) is 48.5 Å². The van der Waals surface area contributed by atoms with Gasteiger partial charge in [0.25, 0.3) is 0 Å². The van der Waals surface area contributed by atoms with Crippen LogP contribution in [0.15, 0.2) is 152 Å². The summed E-state index contributed by atoms with van der Waals surface area (Å²) in [6.07, 6.45) is 3.69. The molecule has 0 spiro atoms. The van der Waals surface area contributed by atoms with Crippen LogP contribution in [-0.4, -0.2) is 24.1 Å². The van der Waals surface area contributed by atoms with Crippen molar-refractivity contribution < 1.29 is 0 Å². The molecule has 5 aromatic heterocycles. The molecular weight excluding hydrogens is 538 g/mol. The van der Waals surface area contributed by atoms with E-state index in [1.165, 1.54) is 21.5 Å². The van der Waals surface area contributed by atoms with E-state index in [-0.39, 0.29) is 0 Å². The van der Waals surface area contributed by atoms with Crippen molar-refractivity contribution in [3.05, 3.63) is 152 Å². The van der Waals surface area contributed by atoms with Gasteiger partial charge in [0.1, 0.15) is 11.6 Å². The van der Waals surface area contributed by atoms with Gasteiger partial charge in [0.15, 0.2) is 0 Å². The number of para-hydroxylation sites is 2. The number of hydrogen-bond acceptors (Lipinski definition) is 3. The molecule has 0 saturated heterocycles. The molecule has 0 atom stereocenters. The molecule has 9 rings (SSSR count). The summed E-state index contributed by atoms with van der Waals surface area (Å²) in [6.45, 7) is 0. The molecule has 4 aromatic carbocycles. The molecule has 0 unspecified atom stereocenters. The molecule has 0 aliphatic carbocycles. The zero-order chi connectivity index (χ0) is 29.0. The van der Waals surface area contributed by atoms with Gasteiger partial charge in [-0.25, -0.2) is 9.97 Å². The molecule has 5 nitrogen and oxygen atoms in total.